The lowest BCUT2D eigenvalue weighted by Crippen LogP contribution is -2.24. The van der Waals surface area contributed by atoms with Crippen LogP contribution in [0.25, 0.3) is 0 Å². The summed E-state index contributed by atoms with van der Waals surface area (Å²) >= 11 is 10.9. The number of aromatic nitrogens is 2. The molecule has 0 fully saturated rings. The Bertz CT molecular complexity index is 387. The molecule has 1 heterocycles. The molecule has 0 spiro atoms. The summed E-state index contributed by atoms with van der Waals surface area (Å²) < 4.78 is 0. The third-order valence-corrected chi connectivity index (χ3v) is 1.90. The Kier molecular flexibility index (Phi) is 2.35. The van der Waals surface area contributed by atoms with Crippen molar-refractivity contribution in [2.24, 2.45) is 0 Å². The number of nitrogens with zero attached hydrogens (tertiary/aromatic N) is 2. The molecular weight excluding hydrogens is 205 g/mol. The first-order valence-electron chi connectivity index (χ1n) is 2.76. The molecule has 0 aromatic carbocycles. The third-order valence-electron chi connectivity index (χ3n) is 1.16. The fourth-order valence-corrected chi connectivity index (χ4v) is 0.957. The van der Waals surface area contributed by atoms with E-state index in [1.807, 2.05) is 0 Å². The van der Waals surface area contributed by atoms with Crippen LogP contribution in [0.3, 0.4) is 0 Å². The summed E-state index contributed by atoms with van der Waals surface area (Å²) in [6.07, 6.45) is 0.699. The lowest BCUT2D eigenvalue weighted by atomic mass is 10.3. The van der Waals surface area contributed by atoms with E-state index in [2.05, 4.69) is 5.10 Å². The van der Waals surface area contributed by atoms with Crippen molar-refractivity contribution in [3.05, 3.63) is 26.1 Å². The van der Waals surface area contributed by atoms with Gasteiger partial charge in [-0.05, 0) is 0 Å². The molecule has 1 aromatic rings. The highest BCUT2D eigenvalue weighted by atomic mass is 35.5. The van der Waals surface area contributed by atoms with Crippen molar-refractivity contribution in [3.63, 3.8) is 0 Å². The smallest absolute Gasteiger partial charge is 0.313 e. The Morgan fingerprint density at radius 1 is 1.58 bits per heavy atom. The average molecular weight is 208 g/mol. The molecule has 0 aliphatic rings. The molecule has 0 amide bonds. The summed E-state index contributed by atoms with van der Waals surface area (Å²) in [4.78, 5) is 11.0. The first-order chi connectivity index (χ1) is 5.57. The Hall–Kier alpha value is -1.07. The number of hydrogen-bond acceptors (Lipinski definition) is 4. The summed E-state index contributed by atoms with van der Waals surface area (Å²) in [6, 6.07) is 0. The number of hydrogen-bond donors (Lipinski definition) is 2. The number of rotatable bonds is 1. The molecule has 0 saturated heterocycles. The molecule has 2 N–H and O–H groups in total. The first kappa shape index (κ1) is 9.02. The van der Waals surface area contributed by atoms with Crippen LogP contribution in [0.4, 0.5) is 0 Å². The predicted molar refractivity (Wildman–Crippen MR) is 43.6 cm³/mol. The molecule has 7 heteroatoms. The molecule has 0 radical (unpaired) electrons. The minimum absolute atomic E-state index is 0.0363. The molecule has 5 nitrogen and oxygen atoms in total. The Morgan fingerprint density at radius 2 is 2.17 bits per heavy atom. The number of nitrogens with one attached hydrogen (secondary N) is 1. The molecule has 1 aromatic heterocycles. The largest absolute Gasteiger partial charge is 0.409 e. The van der Waals surface area contributed by atoms with E-state index in [0.717, 1.165) is 0 Å². The molecule has 0 unspecified atom stereocenters. The van der Waals surface area contributed by atoms with Crippen LogP contribution in [0.15, 0.2) is 4.79 Å². The van der Waals surface area contributed by atoms with Crippen LogP contribution in [-0.2, 0) is 0 Å². The van der Waals surface area contributed by atoms with Crippen molar-refractivity contribution >= 4 is 29.4 Å². The van der Waals surface area contributed by atoms with Gasteiger partial charge in [0.2, 0.25) is 0 Å². The van der Waals surface area contributed by atoms with Gasteiger partial charge in [0.1, 0.15) is 0 Å². The van der Waals surface area contributed by atoms with Crippen molar-refractivity contribution in [2.45, 2.75) is 0 Å². The SMILES string of the molecule is N=Cc1c(Cl)c(Cl)nn(O)c1=O. The van der Waals surface area contributed by atoms with Crippen LogP contribution < -0.4 is 5.56 Å². The number of halogens is 2. The van der Waals surface area contributed by atoms with Crippen LogP contribution in [0, 0.1) is 5.41 Å². The maximum Gasteiger partial charge on any atom is 0.313 e. The topological polar surface area (TPSA) is 79.0 Å². The van der Waals surface area contributed by atoms with E-state index in [-0.39, 0.29) is 20.6 Å². The highest BCUT2D eigenvalue weighted by molar-refractivity contribution is 6.42. The van der Waals surface area contributed by atoms with Crippen molar-refractivity contribution in [1.82, 2.24) is 9.94 Å². The van der Waals surface area contributed by atoms with Gasteiger partial charge in [-0.3, -0.25) is 4.79 Å². The lowest BCUT2D eigenvalue weighted by molar-refractivity contribution is 0.134. The van der Waals surface area contributed by atoms with Crippen molar-refractivity contribution in [3.8, 4) is 0 Å². The lowest BCUT2D eigenvalue weighted by Gasteiger charge is -1.99. The zero-order valence-electron chi connectivity index (χ0n) is 5.58. The van der Waals surface area contributed by atoms with Crippen molar-refractivity contribution in [1.29, 1.82) is 5.41 Å². The fraction of sp³-hybridized carbons (Fsp3) is 0. The molecule has 0 aliphatic heterocycles. The standard InChI is InChI=1S/C5H3Cl2N3O2/c6-3-2(1-8)5(11)10(12)9-4(3)7/h1,8,12H. The minimum Gasteiger partial charge on any atom is -0.409 e. The van der Waals surface area contributed by atoms with E-state index in [1.165, 1.54) is 0 Å². The van der Waals surface area contributed by atoms with Crippen LogP contribution in [0.2, 0.25) is 10.2 Å². The van der Waals surface area contributed by atoms with Crippen LogP contribution in [0.1, 0.15) is 5.56 Å². The van der Waals surface area contributed by atoms with Crippen LogP contribution in [-0.4, -0.2) is 21.4 Å². The van der Waals surface area contributed by atoms with Gasteiger partial charge in [0.15, 0.2) is 5.15 Å². The normalized spacial score (nSPS) is 9.83. The van der Waals surface area contributed by atoms with E-state index in [0.29, 0.717) is 6.21 Å². The second-order valence-corrected chi connectivity index (χ2v) is 2.59. The summed E-state index contributed by atoms with van der Waals surface area (Å²) in [5.74, 6) is 0. The van der Waals surface area contributed by atoms with Gasteiger partial charge in [-0.2, -0.15) is 0 Å². The van der Waals surface area contributed by atoms with E-state index >= 15 is 0 Å². The van der Waals surface area contributed by atoms with E-state index in [9.17, 15) is 4.79 Å². The maximum absolute atomic E-state index is 10.9. The average Bonchev–Trinajstić information content (AvgIpc) is 2.02. The van der Waals surface area contributed by atoms with Crippen LogP contribution >= 0.6 is 23.2 Å². The van der Waals surface area contributed by atoms with Crippen LogP contribution in [0.5, 0.6) is 0 Å². The Labute approximate surface area is 76.6 Å². The van der Waals surface area contributed by atoms with Gasteiger partial charge in [0.05, 0.1) is 10.6 Å². The molecule has 1 rings (SSSR count). The van der Waals surface area contributed by atoms with Gasteiger partial charge in [0, 0.05) is 6.21 Å². The maximum atomic E-state index is 10.9. The van der Waals surface area contributed by atoms with E-state index in [1.54, 1.807) is 0 Å². The van der Waals surface area contributed by atoms with Gasteiger partial charge in [-0.1, -0.05) is 28.0 Å². The zero-order chi connectivity index (χ0) is 9.30. The quantitative estimate of drug-likeness (QED) is 0.528. The van der Waals surface area contributed by atoms with Gasteiger partial charge in [0.25, 0.3) is 0 Å². The van der Waals surface area contributed by atoms with Crippen molar-refractivity contribution < 1.29 is 5.21 Å². The third kappa shape index (κ3) is 1.28. The molecule has 0 bridgehead atoms. The Morgan fingerprint density at radius 3 is 2.67 bits per heavy atom. The van der Waals surface area contributed by atoms with Gasteiger partial charge in [-0.15, -0.1) is 5.10 Å². The van der Waals surface area contributed by atoms with E-state index < -0.39 is 5.56 Å². The molecule has 64 valence electrons. The molecule has 0 atom stereocenters. The van der Waals surface area contributed by atoms with E-state index in [4.69, 9.17) is 33.8 Å². The highest BCUT2D eigenvalue weighted by Gasteiger charge is 2.11. The molecular formula is C5H3Cl2N3O2. The van der Waals surface area contributed by atoms with Crippen molar-refractivity contribution in [2.75, 3.05) is 0 Å². The summed E-state index contributed by atoms with van der Waals surface area (Å²) in [5, 5.41) is 18.4. The zero-order valence-corrected chi connectivity index (χ0v) is 7.10. The summed E-state index contributed by atoms with van der Waals surface area (Å²) in [7, 11) is 0. The first-order valence-corrected chi connectivity index (χ1v) is 3.51. The molecule has 0 saturated carbocycles. The highest BCUT2D eigenvalue weighted by Crippen LogP contribution is 2.18. The monoisotopic (exact) mass is 207 g/mol. The van der Waals surface area contributed by atoms with Gasteiger partial charge < -0.3 is 10.6 Å². The minimum atomic E-state index is -0.876. The second kappa shape index (κ2) is 3.12. The summed E-state index contributed by atoms with van der Waals surface area (Å²) in [6.45, 7) is 0. The Balaban J connectivity index is 3.64. The predicted octanol–water partition coefficient (Wildman–Crippen LogP) is 0.785. The fourth-order valence-electron chi connectivity index (χ4n) is 0.610. The van der Waals surface area contributed by atoms with Gasteiger partial charge in [-0.25, -0.2) is 0 Å². The van der Waals surface area contributed by atoms with Gasteiger partial charge >= 0.3 is 5.56 Å². The molecule has 0 aliphatic carbocycles. The molecule has 12 heavy (non-hydrogen) atoms. The second-order valence-electron chi connectivity index (χ2n) is 1.86. The summed E-state index contributed by atoms with van der Waals surface area (Å²) in [5.41, 5.74) is -1.07.